The maximum Gasteiger partial charge on any atom is 0.336 e. The van der Waals surface area contributed by atoms with Gasteiger partial charge in [0.05, 0.1) is 35.0 Å². The number of fused-ring (bicyclic) bond motifs is 1. The lowest BCUT2D eigenvalue weighted by molar-refractivity contribution is 0.0699. The van der Waals surface area contributed by atoms with Crippen molar-refractivity contribution >= 4 is 33.6 Å². The van der Waals surface area contributed by atoms with Crippen LogP contribution in [0, 0.1) is 0 Å². The molecular formula is C30H25N7O4S. The van der Waals surface area contributed by atoms with Crippen LogP contribution in [0.1, 0.15) is 17.3 Å². The van der Waals surface area contributed by atoms with E-state index in [1.807, 2.05) is 36.4 Å². The molecule has 6 rings (SSSR count). The van der Waals surface area contributed by atoms with Crippen molar-refractivity contribution in [3.8, 4) is 33.9 Å². The number of aliphatic hydroxyl groups excluding tert-OH is 1. The van der Waals surface area contributed by atoms with Gasteiger partial charge in [-0.15, -0.1) is 10.2 Å². The Morgan fingerprint density at radius 2 is 1.48 bits per heavy atom. The van der Waals surface area contributed by atoms with Gasteiger partial charge in [-0.3, -0.25) is 0 Å². The van der Waals surface area contributed by atoms with Crippen molar-refractivity contribution in [1.82, 2.24) is 30.0 Å². The minimum absolute atomic E-state index is 0.221. The van der Waals surface area contributed by atoms with Crippen molar-refractivity contribution in [3.05, 3.63) is 96.8 Å². The van der Waals surface area contributed by atoms with E-state index in [9.17, 15) is 19.6 Å². The predicted octanol–water partition coefficient (Wildman–Crippen LogP) is 4.52. The fourth-order valence-electron chi connectivity index (χ4n) is 4.77. The summed E-state index contributed by atoms with van der Waals surface area (Å²) in [5, 5.41) is 41.2. The van der Waals surface area contributed by atoms with Crippen LogP contribution in [0.4, 0.5) is 5.69 Å². The highest BCUT2D eigenvalue weighted by atomic mass is 32.2. The summed E-state index contributed by atoms with van der Waals surface area (Å²) in [6, 6.07) is 23.5. The molecule has 2 heterocycles. The quantitative estimate of drug-likeness (QED) is 0.174. The van der Waals surface area contributed by atoms with Crippen LogP contribution in [-0.2, 0) is 11.2 Å². The minimum atomic E-state index is -1.20. The SMILES string of the molecule is CC(O)Nc1ccc([S+](C)[O-])cc1-n1cc(-c2cccc(-c3cn(-c4cccc5c(C(=O)O)cccc45)nn3)c2)nn1. The van der Waals surface area contributed by atoms with Crippen molar-refractivity contribution < 1.29 is 19.6 Å². The molecule has 0 saturated heterocycles. The Labute approximate surface area is 243 Å². The summed E-state index contributed by atoms with van der Waals surface area (Å²) in [6.07, 6.45) is 4.35. The zero-order chi connectivity index (χ0) is 29.4. The minimum Gasteiger partial charge on any atom is -0.612 e. The predicted molar refractivity (Wildman–Crippen MR) is 159 cm³/mol. The summed E-state index contributed by atoms with van der Waals surface area (Å²) < 4.78 is 15.3. The number of aromatic carboxylic acids is 1. The lowest BCUT2D eigenvalue weighted by Crippen LogP contribution is -2.16. The largest absolute Gasteiger partial charge is 0.612 e. The average molecular weight is 580 g/mol. The molecule has 0 aliphatic carbocycles. The maximum atomic E-state index is 12.1. The summed E-state index contributed by atoms with van der Waals surface area (Å²) in [4.78, 5) is 12.3. The third-order valence-electron chi connectivity index (χ3n) is 6.73. The molecule has 2 atom stereocenters. The van der Waals surface area contributed by atoms with Crippen LogP contribution in [0.3, 0.4) is 0 Å². The fraction of sp³-hybridized carbons (Fsp3) is 0.100. The Morgan fingerprint density at radius 1 is 0.857 bits per heavy atom. The first-order valence-corrected chi connectivity index (χ1v) is 14.5. The first kappa shape index (κ1) is 27.1. The van der Waals surface area contributed by atoms with Crippen LogP contribution in [0.2, 0.25) is 0 Å². The summed E-state index contributed by atoms with van der Waals surface area (Å²) in [6.45, 7) is 1.61. The lowest BCUT2D eigenvalue weighted by atomic mass is 10.0. The van der Waals surface area contributed by atoms with Gasteiger partial charge in [-0.1, -0.05) is 52.9 Å². The van der Waals surface area contributed by atoms with Gasteiger partial charge in [0.25, 0.3) is 0 Å². The molecule has 0 aliphatic heterocycles. The number of hydrogen-bond donors (Lipinski definition) is 3. The van der Waals surface area contributed by atoms with E-state index < -0.39 is 23.4 Å². The molecule has 0 spiro atoms. The zero-order valence-corrected chi connectivity index (χ0v) is 23.4. The number of anilines is 1. The number of hydrogen-bond acceptors (Lipinski definition) is 8. The van der Waals surface area contributed by atoms with Crippen LogP contribution in [0.15, 0.2) is 96.2 Å². The molecule has 0 fully saturated rings. The molecule has 3 N–H and O–H groups in total. The van der Waals surface area contributed by atoms with Gasteiger partial charge in [0.2, 0.25) is 0 Å². The molecule has 6 aromatic rings. The van der Waals surface area contributed by atoms with Crippen LogP contribution >= 0.6 is 0 Å². The molecule has 0 bridgehead atoms. The maximum absolute atomic E-state index is 12.1. The summed E-state index contributed by atoms with van der Waals surface area (Å²) in [5.74, 6) is -0.991. The highest BCUT2D eigenvalue weighted by molar-refractivity contribution is 7.90. The highest BCUT2D eigenvalue weighted by Gasteiger charge is 2.16. The van der Waals surface area contributed by atoms with Crippen molar-refractivity contribution in [3.63, 3.8) is 0 Å². The number of aliphatic hydroxyl groups is 1. The molecule has 11 nitrogen and oxygen atoms in total. The Hall–Kier alpha value is -5.04. The Kier molecular flexibility index (Phi) is 7.17. The molecule has 42 heavy (non-hydrogen) atoms. The second kappa shape index (κ2) is 11.1. The monoisotopic (exact) mass is 579 g/mol. The normalized spacial score (nSPS) is 12.8. The summed E-state index contributed by atoms with van der Waals surface area (Å²) >= 11 is -1.20. The van der Waals surface area contributed by atoms with E-state index in [1.165, 1.54) is 0 Å². The van der Waals surface area contributed by atoms with E-state index in [4.69, 9.17) is 0 Å². The number of carboxylic acid groups (broad SMARTS) is 1. The number of carbonyl (C=O) groups is 1. The van der Waals surface area contributed by atoms with E-state index in [1.54, 1.807) is 77.4 Å². The van der Waals surface area contributed by atoms with Crippen molar-refractivity contribution in [2.24, 2.45) is 0 Å². The van der Waals surface area contributed by atoms with E-state index in [0.717, 1.165) is 16.5 Å². The van der Waals surface area contributed by atoms with Gasteiger partial charge >= 0.3 is 5.97 Å². The van der Waals surface area contributed by atoms with Crippen LogP contribution < -0.4 is 5.32 Å². The second-order valence-electron chi connectivity index (χ2n) is 9.61. The van der Waals surface area contributed by atoms with Crippen LogP contribution in [-0.4, -0.2) is 63.2 Å². The molecular weight excluding hydrogens is 554 g/mol. The molecule has 0 saturated carbocycles. The Morgan fingerprint density at radius 3 is 2.12 bits per heavy atom. The molecule has 4 aromatic carbocycles. The van der Waals surface area contributed by atoms with Crippen LogP contribution in [0.25, 0.3) is 44.7 Å². The van der Waals surface area contributed by atoms with Gasteiger partial charge in [-0.2, -0.15) is 0 Å². The number of rotatable bonds is 8. The highest BCUT2D eigenvalue weighted by Crippen LogP contribution is 2.29. The van der Waals surface area contributed by atoms with E-state index in [0.29, 0.717) is 38.7 Å². The number of benzene rings is 4. The number of nitrogens with zero attached hydrogens (tertiary/aromatic N) is 6. The molecule has 2 aromatic heterocycles. The topological polar surface area (TPSA) is 154 Å². The molecule has 0 aliphatic rings. The first-order valence-electron chi connectivity index (χ1n) is 12.9. The van der Waals surface area contributed by atoms with Crippen molar-refractivity contribution in [1.29, 1.82) is 0 Å². The van der Waals surface area contributed by atoms with Crippen molar-refractivity contribution in [2.75, 3.05) is 11.6 Å². The van der Waals surface area contributed by atoms with Gasteiger partial charge in [0.1, 0.15) is 23.9 Å². The van der Waals surface area contributed by atoms with E-state index >= 15 is 0 Å². The average Bonchev–Trinajstić information content (AvgIpc) is 3.67. The standard InChI is InChI=1S/C30H25N7O4S/c1-18(38)31-25-13-12-21(42(2)41)15-29(25)37-17-27(33-35-37)20-7-3-6-19(14-20)26-16-36(34-32-26)28-11-5-8-22-23(28)9-4-10-24(22)30(39)40/h3-18,31,38H,1-2H3,(H,39,40). The van der Waals surface area contributed by atoms with Gasteiger partial charge in [-0.25, -0.2) is 14.2 Å². The van der Waals surface area contributed by atoms with Crippen molar-refractivity contribution in [2.45, 2.75) is 18.0 Å². The Balaban J connectivity index is 1.33. The number of nitrogens with one attached hydrogen (secondary N) is 1. The molecule has 2 unspecified atom stereocenters. The first-order chi connectivity index (χ1) is 20.3. The smallest absolute Gasteiger partial charge is 0.336 e. The van der Waals surface area contributed by atoms with E-state index in [-0.39, 0.29) is 5.56 Å². The molecule has 0 radical (unpaired) electrons. The zero-order valence-electron chi connectivity index (χ0n) is 22.5. The third-order valence-corrected chi connectivity index (χ3v) is 7.65. The van der Waals surface area contributed by atoms with Crippen LogP contribution in [0.5, 0.6) is 0 Å². The molecule has 0 amide bonds. The Bertz CT molecular complexity index is 1930. The van der Waals surface area contributed by atoms with Gasteiger partial charge in [0, 0.05) is 22.6 Å². The van der Waals surface area contributed by atoms with E-state index in [2.05, 4.69) is 25.9 Å². The second-order valence-corrected chi connectivity index (χ2v) is 11.0. The molecule has 12 heteroatoms. The van der Waals surface area contributed by atoms with Gasteiger partial charge < -0.3 is 20.1 Å². The lowest BCUT2D eigenvalue weighted by Gasteiger charge is -2.15. The summed E-state index contributed by atoms with van der Waals surface area (Å²) in [5.41, 5.74) is 4.98. The number of carboxylic acids is 1. The van der Waals surface area contributed by atoms with Gasteiger partial charge in [-0.05, 0) is 53.8 Å². The van der Waals surface area contributed by atoms with Gasteiger partial charge in [0.15, 0.2) is 4.90 Å². The third kappa shape index (κ3) is 5.21. The number of aromatic nitrogens is 6. The summed E-state index contributed by atoms with van der Waals surface area (Å²) in [7, 11) is 0. The molecule has 210 valence electrons. The fourth-order valence-corrected chi connectivity index (χ4v) is 5.31.